The van der Waals surface area contributed by atoms with Crippen molar-refractivity contribution in [1.82, 2.24) is 29.4 Å². The molecule has 3 aromatic heterocycles. The molecule has 1 fully saturated rings. The van der Waals surface area contributed by atoms with E-state index < -0.39 is 18.1 Å². The summed E-state index contributed by atoms with van der Waals surface area (Å²) in [6.07, 6.45) is 7.25. The summed E-state index contributed by atoms with van der Waals surface area (Å²) < 4.78 is 9.21. The molecule has 5 heterocycles. The first-order chi connectivity index (χ1) is 18.5. The highest BCUT2D eigenvalue weighted by Gasteiger charge is 2.24. The molecule has 1 amide bonds. The normalized spacial score (nSPS) is 19.4. The van der Waals surface area contributed by atoms with Crippen molar-refractivity contribution < 1.29 is 19.7 Å². The van der Waals surface area contributed by atoms with Crippen LogP contribution in [-0.2, 0) is 17.7 Å². The highest BCUT2D eigenvalue weighted by Crippen LogP contribution is 2.24. The van der Waals surface area contributed by atoms with Crippen LogP contribution in [0.3, 0.4) is 0 Å². The molecule has 38 heavy (non-hydrogen) atoms. The molecule has 2 aliphatic heterocycles. The second kappa shape index (κ2) is 10.7. The van der Waals surface area contributed by atoms with Crippen molar-refractivity contribution in [2.24, 2.45) is 0 Å². The van der Waals surface area contributed by atoms with Gasteiger partial charge >= 0.3 is 0 Å². The van der Waals surface area contributed by atoms with Crippen LogP contribution < -0.4 is 5.32 Å². The lowest BCUT2D eigenvalue weighted by Gasteiger charge is -2.31. The molecule has 0 unspecified atom stereocenters. The average Bonchev–Trinajstić information content (AvgIpc) is 3.71. The van der Waals surface area contributed by atoms with Crippen LogP contribution in [-0.4, -0.2) is 85.2 Å². The molecule has 3 N–H and O–H groups in total. The summed E-state index contributed by atoms with van der Waals surface area (Å²) in [7, 11) is 0. The molecule has 1 saturated heterocycles. The van der Waals surface area contributed by atoms with Crippen molar-refractivity contribution >= 4 is 11.6 Å². The van der Waals surface area contributed by atoms with Crippen molar-refractivity contribution in [1.29, 1.82) is 0 Å². The van der Waals surface area contributed by atoms with Gasteiger partial charge < -0.3 is 24.7 Å². The zero-order chi connectivity index (χ0) is 26.1. The van der Waals surface area contributed by atoms with Crippen LogP contribution in [0.25, 0.3) is 16.8 Å². The van der Waals surface area contributed by atoms with E-state index in [1.807, 2.05) is 47.5 Å². The number of fused-ring (bicyclic) bond motifs is 2. The molecule has 6 rings (SSSR count). The van der Waals surface area contributed by atoms with Crippen molar-refractivity contribution in [3.63, 3.8) is 0 Å². The van der Waals surface area contributed by atoms with E-state index in [2.05, 4.69) is 32.4 Å². The minimum atomic E-state index is -1.08. The summed E-state index contributed by atoms with van der Waals surface area (Å²) >= 11 is 0. The Labute approximate surface area is 220 Å². The third kappa shape index (κ3) is 5.21. The monoisotopic (exact) mass is 516 g/mol. The van der Waals surface area contributed by atoms with Gasteiger partial charge in [-0.05, 0) is 36.1 Å². The quantitative estimate of drug-likeness (QED) is 0.326. The van der Waals surface area contributed by atoms with E-state index in [1.54, 1.807) is 10.6 Å². The summed E-state index contributed by atoms with van der Waals surface area (Å²) in [4.78, 5) is 19.3. The Morgan fingerprint density at radius 1 is 1.08 bits per heavy atom. The molecule has 10 heteroatoms. The van der Waals surface area contributed by atoms with Crippen LogP contribution in [0.4, 0.5) is 0 Å². The van der Waals surface area contributed by atoms with Gasteiger partial charge in [0.15, 0.2) is 0 Å². The molecule has 1 aromatic carbocycles. The average molecular weight is 517 g/mol. The van der Waals surface area contributed by atoms with Crippen LogP contribution in [0.2, 0.25) is 0 Å². The Bertz CT molecular complexity index is 1430. The van der Waals surface area contributed by atoms with E-state index in [4.69, 9.17) is 4.74 Å². The number of aliphatic hydroxyl groups is 2. The first kappa shape index (κ1) is 24.7. The number of rotatable bonds is 8. The summed E-state index contributed by atoms with van der Waals surface area (Å²) in [6, 6.07) is 12.4. The van der Waals surface area contributed by atoms with Crippen LogP contribution in [0, 0.1) is 0 Å². The predicted octanol–water partition coefficient (Wildman–Crippen LogP) is 1.67. The van der Waals surface area contributed by atoms with Gasteiger partial charge in [-0.1, -0.05) is 24.3 Å². The summed E-state index contributed by atoms with van der Waals surface area (Å²) in [5, 5.41) is 28.2. The van der Waals surface area contributed by atoms with Crippen LogP contribution in [0.1, 0.15) is 34.1 Å². The third-order valence-electron chi connectivity index (χ3n) is 7.47. The molecule has 0 bridgehead atoms. The van der Waals surface area contributed by atoms with Crippen molar-refractivity contribution in [3.05, 3.63) is 78.0 Å². The van der Waals surface area contributed by atoms with E-state index in [0.29, 0.717) is 18.8 Å². The topological polar surface area (TPSA) is 117 Å². The van der Waals surface area contributed by atoms with Gasteiger partial charge in [-0.3, -0.25) is 14.4 Å². The van der Waals surface area contributed by atoms with Gasteiger partial charge in [-0.15, -0.1) is 0 Å². The number of aliphatic hydroxyl groups excluding tert-OH is 2. The van der Waals surface area contributed by atoms with Gasteiger partial charge in [0.2, 0.25) is 0 Å². The number of amides is 1. The van der Waals surface area contributed by atoms with Gasteiger partial charge in [0.25, 0.3) is 5.91 Å². The Balaban J connectivity index is 1.04. The zero-order valence-electron chi connectivity index (χ0n) is 21.1. The van der Waals surface area contributed by atoms with Gasteiger partial charge in [0.05, 0.1) is 31.1 Å². The maximum atomic E-state index is 12.8. The molecule has 198 valence electrons. The number of pyridine rings is 1. The fraction of sp³-hybridized carbons (Fsp3) is 0.393. The molecule has 2 aliphatic rings. The van der Waals surface area contributed by atoms with Gasteiger partial charge in [0, 0.05) is 62.5 Å². The zero-order valence-corrected chi connectivity index (χ0v) is 21.1. The first-order valence-corrected chi connectivity index (χ1v) is 13.1. The largest absolute Gasteiger partial charge is 0.389 e. The summed E-state index contributed by atoms with van der Waals surface area (Å²) in [6.45, 7) is 3.28. The molecule has 4 aromatic rings. The number of benzene rings is 1. The Kier molecular flexibility index (Phi) is 6.94. The van der Waals surface area contributed by atoms with Gasteiger partial charge in [-0.25, -0.2) is 4.98 Å². The predicted molar refractivity (Wildman–Crippen MR) is 141 cm³/mol. The molecular formula is C28H32N6O4. The second-order valence-corrected chi connectivity index (χ2v) is 10.1. The molecule has 3 atom stereocenters. The number of imidazole rings is 1. The fourth-order valence-electron chi connectivity index (χ4n) is 5.21. The Morgan fingerprint density at radius 3 is 2.79 bits per heavy atom. The van der Waals surface area contributed by atoms with E-state index in [9.17, 15) is 15.0 Å². The Morgan fingerprint density at radius 2 is 1.95 bits per heavy atom. The summed E-state index contributed by atoms with van der Waals surface area (Å²) in [5.74, 6) is -0.401. The van der Waals surface area contributed by atoms with E-state index >= 15 is 0 Å². The maximum Gasteiger partial charge on any atom is 0.271 e. The highest BCUT2D eigenvalue weighted by atomic mass is 16.5. The molecular weight excluding hydrogens is 484 g/mol. The second-order valence-electron chi connectivity index (χ2n) is 10.1. The van der Waals surface area contributed by atoms with Crippen molar-refractivity contribution in [3.8, 4) is 11.1 Å². The van der Waals surface area contributed by atoms with E-state index in [0.717, 1.165) is 43.7 Å². The third-order valence-corrected chi connectivity index (χ3v) is 7.47. The smallest absolute Gasteiger partial charge is 0.271 e. The lowest BCUT2D eigenvalue weighted by molar-refractivity contribution is -0.00343. The molecule has 0 aliphatic carbocycles. The van der Waals surface area contributed by atoms with Crippen LogP contribution in [0.15, 0.2) is 61.2 Å². The number of aromatic nitrogens is 4. The van der Waals surface area contributed by atoms with Crippen LogP contribution >= 0.6 is 0 Å². The number of carbonyl (C=O) groups excluding carboxylic acids is 1. The van der Waals surface area contributed by atoms with Gasteiger partial charge in [0.1, 0.15) is 11.3 Å². The van der Waals surface area contributed by atoms with Crippen molar-refractivity contribution in [2.45, 2.75) is 37.6 Å². The number of nitrogens with zero attached hydrogens (tertiary/aromatic N) is 5. The number of ether oxygens (including phenoxy) is 1. The Hall–Kier alpha value is -3.57. The lowest BCUT2D eigenvalue weighted by atomic mass is 9.99. The molecule has 10 nitrogen and oxygen atoms in total. The molecule has 0 radical (unpaired) electrons. The summed E-state index contributed by atoms with van der Waals surface area (Å²) in [5.41, 5.74) is 5.41. The first-order valence-electron chi connectivity index (χ1n) is 13.1. The van der Waals surface area contributed by atoms with Gasteiger partial charge in [-0.2, -0.15) is 5.10 Å². The maximum absolute atomic E-state index is 12.8. The fourth-order valence-corrected chi connectivity index (χ4v) is 5.21. The lowest BCUT2D eigenvalue weighted by Crippen LogP contribution is -2.45. The van der Waals surface area contributed by atoms with E-state index in [1.165, 1.54) is 11.1 Å². The highest BCUT2D eigenvalue weighted by molar-refractivity contribution is 5.92. The number of carbonyl (C=O) groups is 1. The SMILES string of the molecule is O=C(NC[C@H](O)[C@@H](O)CN1CCc2ccccc2C1)c1cn2cc(-c3cnn([C@@H]4CCOC4)c3)ccc2n1. The number of hydrogen-bond donors (Lipinski definition) is 3. The minimum absolute atomic E-state index is 0.0619. The van der Waals surface area contributed by atoms with Crippen molar-refractivity contribution in [2.75, 3.05) is 32.8 Å². The standard InChI is InChI=1S/C28H32N6O4/c35-25(26(36)17-32-9-7-19-3-1-2-4-20(19)13-32)12-29-28(37)24-16-33-14-21(5-6-27(33)31-24)22-11-30-34(15-22)23-8-10-38-18-23/h1-6,11,14-16,23,25-26,35-36H,7-10,12-13,17-18H2,(H,29,37)/t23-,25+,26+/m1/s1. The molecule has 0 spiro atoms. The number of nitrogens with one attached hydrogen (secondary N) is 1. The minimum Gasteiger partial charge on any atom is -0.389 e. The van der Waals surface area contributed by atoms with Crippen LogP contribution in [0.5, 0.6) is 0 Å². The number of β-amino-alcohol motifs (C(OH)–C–C–N with tert-alkyl or cyclic N) is 1. The van der Waals surface area contributed by atoms with E-state index in [-0.39, 0.29) is 18.3 Å². The number of hydrogen-bond acceptors (Lipinski definition) is 7. The molecule has 0 saturated carbocycles.